The van der Waals surface area contributed by atoms with E-state index >= 15 is 0 Å². The summed E-state index contributed by atoms with van der Waals surface area (Å²) in [7, 11) is 0. The van der Waals surface area contributed by atoms with E-state index in [0.717, 1.165) is 25.1 Å². The number of likely N-dealkylation sites (tertiary alicyclic amines) is 1. The highest BCUT2D eigenvalue weighted by Crippen LogP contribution is 2.45. The molecule has 2 N–H and O–H groups in total. The summed E-state index contributed by atoms with van der Waals surface area (Å²) in [6.45, 7) is 9.36. The fourth-order valence-corrected chi connectivity index (χ4v) is 5.82. The lowest BCUT2D eigenvalue weighted by molar-refractivity contribution is 0.0920. The van der Waals surface area contributed by atoms with Crippen LogP contribution in [0, 0.1) is 0 Å². The number of benzene rings is 1. The van der Waals surface area contributed by atoms with Crippen LogP contribution in [0.2, 0.25) is 0 Å². The van der Waals surface area contributed by atoms with E-state index in [4.69, 9.17) is 4.74 Å². The molecule has 1 atom stereocenters. The van der Waals surface area contributed by atoms with Gasteiger partial charge in [-0.25, -0.2) is 24.6 Å². The van der Waals surface area contributed by atoms with Crippen molar-refractivity contribution in [2.75, 3.05) is 23.3 Å². The monoisotopic (exact) mass is 539 g/mol. The molecule has 3 amide bonds. The number of aromatic nitrogens is 3. The fourth-order valence-electron chi connectivity index (χ4n) is 4.79. The second-order valence-electron chi connectivity index (χ2n) is 9.16. The third kappa shape index (κ3) is 4.68. The average Bonchev–Trinajstić information content (AvgIpc) is 3.33. The number of amides is 3. The van der Waals surface area contributed by atoms with Crippen LogP contribution in [0.25, 0.3) is 10.2 Å². The number of rotatable bonds is 7. The van der Waals surface area contributed by atoms with Crippen molar-refractivity contribution in [1.82, 2.24) is 25.2 Å². The van der Waals surface area contributed by atoms with Crippen LogP contribution in [0.5, 0.6) is 11.6 Å². The van der Waals surface area contributed by atoms with E-state index in [2.05, 4.69) is 43.6 Å². The van der Waals surface area contributed by atoms with Gasteiger partial charge in [0.2, 0.25) is 5.88 Å². The summed E-state index contributed by atoms with van der Waals surface area (Å²) in [6.07, 6.45) is 8.07. The summed E-state index contributed by atoms with van der Waals surface area (Å²) >= 11 is 1.25. The molecule has 6 rings (SSSR count). The highest BCUT2D eigenvalue weighted by Gasteiger charge is 2.34. The van der Waals surface area contributed by atoms with Gasteiger partial charge in [0.1, 0.15) is 15.5 Å². The summed E-state index contributed by atoms with van der Waals surface area (Å²) in [5.74, 6) is 1.00. The number of urea groups is 1. The molecular weight excluding hydrogens is 514 g/mol. The second kappa shape index (κ2) is 10.2. The lowest BCUT2D eigenvalue weighted by Crippen LogP contribution is -2.47. The van der Waals surface area contributed by atoms with Crippen LogP contribution in [0.4, 0.5) is 22.0 Å². The highest BCUT2D eigenvalue weighted by atomic mass is 32.1. The van der Waals surface area contributed by atoms with Gasteiger partial charge in [-0.2, -0.15) is 0 Å². The summed E-state index contributed by atoms with van der Waals surface area (Å²) in [5.41, 5.74) is 1.87. The molecular formula is C28H25N7O3S. The quantitative estimate of drug-likeness (QED) is 0.300. The van der Waals surface area contributed by atoms with Gasteiger partial charge in [0.15, 0.2) is 5.82 Å². The van der Waals surface area contributed by atoms with Crippen LogP contribution >= 0.6 is 11.3 Å². The summed E-state index contributed by atoms with van der Waals surface area (Å²) in [5, 5.41) is 6.71. The first-order chi connectivity index (χ1) is 19.0. The van der Waals surface area contributed by atoms with Gasteiger partial charge in [0.25, 0.3) is 5.91 Å². The van der Waals surface area contributed by atoms with Crippen LogP contribution in [0.15, 0.2) is 79.9 Å². The van der Waals surface area contributed by atoms with Crippen molar-refractivity contribution in [1.29, 1.82) is 0 Å². The Labute approximate surface area is 228 Å². The molecule has 0 spiro atoms. The molecule has 1 fully saturated rings. The lowest BCUT2D eigenvalue weighted by atomic mass is 10.0. The van der Waals surface area contributed by atoms with Gasteiger partial charge in [-0.1, -0.05) is 31.4 Å². The number of allylic oxidation sites excluding steroid dienone is 1. The molecule has 196 valence electrons. The Bertz CT molecular complexity index is 1590. The maximum atomic E-state index is 13.4. The lowest BCUT2D eigenvalue weighted by Gasteiger charge is -2.35. The molecule has 0 aliphatic carbocycles. The Hall–Kier alpha value is -4.77. The van der Waals surface area contributed by atoms with Gasteiger partial charge in [-0.05, 0) is 37.1 Å². The van der Waals surface area contributed by atoms with Crippen molar-refractivity contribution in [2.45, 2.75) is 18.9 Å². The number of piperidine rings is 1. The minimum atomic E-state index is -0.445. The molecule has 2 aliphatic heterocycles. The summed E-state index contributed by atoms with van der Waals surface area (Å²) in [4.78, 5) is 44.5. The number of hydrogen-bond donors (Lipinski definition) is 2. The van der Waals surface area contributed by atoms with E-state index in [1.54, 1.807) is 18.3 Å². The zero-order chi connectivity index (χ0) is 26.9. The van der Waals surface area contributed by atoms with E-state index in [1.165, 1.54) is 28.6 Å². The average molecular weight is 540 g/mol. The van der Waals surface area contributed by atoms with Crippen molar-refractivity contribution >= 4 is 50.7 Å². The molecule has 3 aromatic heterocycles. The van der Waals surface area contributed by atoms with Gasteiger partial charge >= 0.3 is 6.03 Å². The molecule has 11 heteroatoms. The minimum Gasteiger partial charge on any atom is -0.438 e. The number of anilines is 3. The van der Waals surface area contributed by atoms with Crippen LogP contribution in [-0.2, 0) is 0 Å². The maximum Gasteiger partial charge on any atom is 0.332 e. The number of nitrogens with one attached hydrogen (secondary N) is 2. The number of ether oxygens (including phenoxy) is 1. The van der Waals surface area contributed by atoms with Crippen molar-refractivity contribution in [3.63, 3.8) is 0 Å². The Kier molecular flexibility index (Phi) is 6.41. The highest BCUT2D eigenvalue weighted by molar-refractivity contribution is 7.21. The van der Waals surface area contributed by atoms with E-state index < -0.39 is 6.03 Å². The van der Waals surface area contributed by atoms with Crippen molar-refractivity contribution in [2.24, 2.45) is 0 Å². The normalized spacial score (nSPS) is 16.5. The zero-order valence-corrected chi connectivity index (χ0v) is 21.8. The van der Waals surface area contributed by atoms with Gasteiger partial charge in [-0.3, -0.25) is 4.79 Å². The van der Waals surface area contributed by atoms with Gasteiger partial charge in [0, 0.05) is 31.0 Å². The topological polar surface area (TPSA) is 113 Å². The summed E-state index contributed by atoms with van der Waals surface area (Å²) in [6, 6.07) is 10.5. The SMILES string of the molecule is C=CC(=C)N1CCC[C@@H](NC(=O)c2sc3nccc4c3c2NC(=O)N4c2cnc(Oc3ccccc3)cn2)C1. The fraction of sp³-hybridized carbons (Fsp3) is 0.179. The van der Waals surface area contributed by atoms with E-state index in [9.17, 15) is 9.59 Å². The first-order valence-electron chi connectivity index (χ1n) is 12.5. The molecule has 2 aliphatic rings. The Morgan fingerprint density at radius 2 is 2.03 bits per heavy atom. The third-order valence-electron chi connectivity index (χ3n) is 6.66. The van der Waals surface area contributed by atoms with Gasteiger partial charge in [-0.15, -0.1) is 11.3 Å². The minimum absolute atomic E-state index is 0.0459. The molecule has 10 nitrogen and oxygen atoms in total. The molecule has 39 heavy (non-hydrogen) atoms. The van der Waals surface area contributed by atoms with Gasteiger partial charge < -0.3 is 20.3 Å². The van der Waals surface area contributed by atoms with Crippen molar-refractivity contribution in [3.8, 4) is 11.6 Å². The Balaban J connectivity index is 1.27. The number of carbonyl (C=O) groups is 2. The number of carbonyl (C=O) groups excluding carboxylic acids is 2. The predicted octanol–water partition coefficient (Wildman–Crippen LogP) is 5.46. The molecule has 4 aromatic rings. The smallest absolute Gasteiger partial charge is 0.332 e. The molecule has 1 aromatic carbocycles. The maximum absolute atomic E-state index is 13.4. The van der Waals surface area contributed by atoms with Gasteiger partial charge in [0.05, 0.1) is 29.2 Å². The Morgan fingerprint density at radius 3 is 2.79 bits per heavy atom. The van der Waals surface area contributed by atoms with Crippen molar-refractivity contribution < 1.29 is 14.3 Å². The third-order valence-corrected chi connectivity index (χ3v) is 7.76. The molecule has 0 unspecified atom stereocenters. The van der Waals surface area contributed by atoms with Crippen LogP contribution in [0.1, 0.15) is 22.5 Å². The van der Waals surface area contributed by atoms with E-state index in [1.807, 2.05) is 30.3 Å². The standard InChI is InChI=1S/C28H25N7O3S/c1-3-17(2)34-13-7-8-18(16-34)32-26(36)25-24-23-20(11-12-29-27(23)39-25)35(28(37)33-24)21-14-31-22(15-30-21)38-19-9-5-4-6-10-19/h3-6,9-12,14-15,18H,1-2,7-8,13,16H2,(H,32,36)(H,33,37)/t18-/m1/s1. The number of para-hydroxylation sites is 1. The predicted molar refractivity (Wildman–Crippen MR) is 151 cm³/mol. The number of pyridine rings is 1. The van der Waals surface area contributed by atoms with E-state index in [-0.39, 0.29) is 11.9 Å². The number of thiophene rings is 1. The molecule has 0 bridgehead atoms. The molecule has 0 radical (unpaired) electrons. The van der Waals surface area contributed by atoms with Crippen LogP contribution in [0.3, 0.4) is 0 Å². The molecule has 1 saturated heterocycles. The zero-order valence-electron chi connectivity index (χ0n) is 21.0. The second-order valence-corrected chi connectivity index (χ2v) is 10.2. The van der Waals surface area contributed by atoms with Crippen LogP contribution < -0.4 is 20.3 Å². The first-order valence-corrected chi connectivity index (χ1v) is 13.3. The number of nitrogens with zero attached hydrogens (tertiary/aromatic N) is 5. The van der Waals surface area contributed by atoms with Crippen LogP contribution in [-0.4, -0.2) is 50.9 Å². The summed E-state index contributed by atoms with van der Waals surface area (Å²) < 4.78 is 5.72. The number of hydrogen-bond acceptors (Lipinski definition) is 8. The first kappa shape index (κ1) is 24.6. The Morgan fingerprint density at radius 1 is 1.18 bits per heavy atom. The largest absolute Gasteiger partial charge is 0.438 e. The molecule has 0 saturated carbocycles. The molecule has 5 heterocycles. The van der Waals surface area contributed by atoms with Crippen molar-refractivity contribution in [3.05, 3.63) is 84.8 Å². The van der Waals surface area contributed by atoms with E-state index in [0.29, 0.717) is 50.5 Å².